The van der Waals surface area contributed by atoms with Gasteiger partial charge >= 0.3 is 0 Å². The number of nitrogens with zero attached hydrogens (tertiary/aromatic N) is 3. The normalized spacial score (nSPS) is 12.4. The number of hydrogen-bond acceptors (Lipinski definition) is 4. The zero-order chi connectivity index (χ0) is 24.2. The van der Waals surface area contributed by atoms with E-state index in [4.69, 9.17) is 32.9 Å². The predicted molar refractivity (Wildman–Crippen MR) is 143 cm³/mol. The Morgan fingerprint density at radius 2 is 1.88 bits per heavy atom. The second kappa shape index (κ2) is 10.7. The van der Waals surface area contributed by atoms with E-state index in [0.717, 1.165) is 22.0 Å². The van der Waals surface area contributed by atoms with Gasteiger partial charge in [0.2, 0.25) is 0 Å². The Labute approximate surface area is 216 Å². The number of fused-ring (bicyclic) bond motifs is 1. The zero-order valence-corrected chi connectivity index (χ0v) is 21.7. The molecule has 0 N–H and O–H groups in total. The molecule has 1 atom stereocenters. The van der Waals surface area contributed by atoms with Gasteiger partial charge in [-0.15, -0.1) is 0 Å². The van der Waals surface area contributed by atoms with Gasteiger partial charge in [0.05, 0.1) is 17.1 Å². The van der Waals surface area contributed by atoms with Crippen LogP contribution >= 0.6 is 39.1 Å². The van der Waals surface area contributed by atoms with E-state index < -0.39 is 0 Å². The Morgan fingerprint density at radius 3 is 2.59 bits per heavy atom. The summed E-state index contributed by atoms with van der Waals surface area (Å²) >= 11 is 15.6. The van der Waals surface area contributed by atoms with Crippen molar-refractivity contribution < 1.29 is 4.74 Å². The van der Waals surface area contributed by atoms with Gasteiger partial charge in [-0.2, -0.15) is 9.78 Å². The average Bonchev–Trinajstić information content (AvgIpc) is 2.83. The summed E-state index contributed by atoms with van der Waals surface area (Å²) in [4.78, 5) is 17.9. The lowest BCUT2D eigenvalue weighted by molar-refractivity contribution is 0.306. The van der Waals surface area contributed by atoms with E-state index in [2.05, 4.69) is 28.0 Å². The Balaban J connectivity index is 1.57. The van der Waals surface area contributed by atoms with E-state index >= 15 is 0 Å². The molecule has 0 aliphatic rings. The summed E-state index contributed by atoms with van der Waals surface area (Å²) in [6, 6.07) is 18.3. The topological polar surface area (TPSA) is 56.5 Å². The third kappa shape index (κ3) is 5.52. The Bertz CT molecular complexity index is 1420. The highest BCUT2D eigenvalue weighted by molar-refractivity contribution is 9.10. The van der Waals surface area contributed by atoms with Gasteiger partial charge in [-0.05, 0) is 66.6 Å². The lowest BCUT2D eigenvalue weighted by Gasteiger charge is -2.14. The van der Waals surface area contributed by atoms with Crippen molar-refractivity contribution in [1.82, 2.24) is 9.66 Å². The van der Waals surface area contributed by atoms with Crippen LogP contribution in [-0.2, 0) is 6.61 Å². The molecule has 34 heavy (non-hydrogen) atoms. The minimum absolute atomic E-state index is 0.0772. The van der Waals surface area contributed by atoms with Crippen molar-refractivity contribution >= 4 is 56.2 Å². The van der Waals surface area contributed by atoms with Crippen LogP contribution in [0.2, 0.25) is 10.0 Å². The minimum atomic E-state index is -0.197. The molecule has 0 bridgehead atoms. The van der Waals surface area contributed by atoms with Crippen LogP contribution in [0.25, 0.3) is 10.9 Å². The first-order valence-corrected chi connectivity index (χ1v) is 12.3. The summed E-state index contributed by atoms with van der Waals surface area (Å²) in [6.07, 6.45) is 2.49. The van der Waals surface area contributed by atoms with Gasteiger partial charge in [-0.1, -0.05) is 59.0 Å². The van der Waals surface area contributed by atoms with E-state index in [-0.39, 0.29) is 11.5 Å². The zero-order valence-electron chi connectivity index (χ0n) is 18.6. The lowest BCUT2D eigenvalue weighted by Crippen LogP contribution is -2.23. The summed E-state index contributed by atoms with van der Waals surface area (Å²) in [6.45, 7) is 4.43. The van der Waals surface area contributed by atoms with Crippen LogP contribution in [0.1, 0.15) is 43.1 Å². The van der Waals surface area contributed by atoms with Gasteiger partial charge in [0, 0.05) is 26.0 Å². The summed E-state index contributed by atoms with van der Waals surface area (Å²) in [5.74, 6) is 1.41. The molecule has 0 saturated heterocycles. The molecule has 0 saturated carbocycles. The third-order valence-corrected chi connectivity index (χ3v) is 6.58. The molecule has 5 nitrogen and oxygen atoms in total. The van der Waals surface area contributed by atoms with Crippen molar-refractivity contribution in [1.29, 1.82) is 0 Å². The highest BCUT2D eigenvalue weighted by atomic mass is 79.9. The summed E-state index contributed by atoms with van der Waals surface area (Å²) in [5.41, 5.74) is 2.15. The van der Waals surface area contributed by atoms with Crippen LogP contribution < -0.4 is 10.3 Å². The first-order chi connectivity index (χ1) is 16.4. The van der Waals surface area contributed by atoms with Crippen LogP contribution in [0.4, 0.5) is 0 Å². The second-order valence-electron chi connectivity index (χ2n) is 7.90. The minimum Gasteiger partial charge on any atom is -0.489 e. The molecule has 3 aromatic carbocycles. The second-order valence-corrected chi connectivity index (χ2v) is 9.66. The Kier molecular flexibility index (Phi) is 7.71. The number of rotatable bonds is 7. The quantitative estimate of drug-likeness (QED) is 0.221. The molecule has 0 fully saturated rings. The molecule has 1 heterocycles. The highest BCUT2D eigenvalue weighted by Gasteiger charge is 2.15. The Hall–Kier alpha value is -2.67. The number of benzene rings is 3. The summed E-state index contributed by atoms with van der Waals surface area (Å²) in [7, 11) is 0. The van der Waals surface area contributed by atoms with Crippen LogP contribution in [0.3, 0.4) is 0 Å². The van der Waals surface area contributed by atoms with Gasteiger partial charge in [-0.3, -0.25) is 4.79 Å². The molecule has 0 aliphatic heterocycles. The molecule has 0 amide bonds. The first kappa shape index (κ1) is 24.5. The van der Waals surface area contributed by atoms with E-state index in [0.29, 0.717) is 39.1 Å². The van der Waals surface area contributed by atoms with Gasteiger partial charge in [0.1, 0.15) is 18.2 Å². The standard InChI is InChI=1S/C26H22BrCl2N3O2/c1-3-16(2)25-31-24-11-7-19(27)12-22(24)26(33)32(25)30-14-17-4-9-21(10-5-17)34-15-18-6-8-20(28)13-23(18)29/h4-14,16H,3,15H2,1-2H3/t16-/m1/s1. The monoisotopic (exact) mass is 557 g/mol. The average molecular weight is 559 g/mol. The molecule has 0 radical (unpaired) electrons. The molecule has 0 unspecified atom stereocenters. The largest absolute Gasteiger partial charge is 0.489 e. The number of aromatic nitrogens is 2. The molecule has 4 rings (SSSR count). The van der Waals surface area contributed by atoms with Gasteiger partial charge in [0.25, 0.3) is 5.56 Å². The van der Waals surface area contributed by atoms with E-state index in [1.807, 2.05) is 49.4 Å². The SMILES string of the molecule is CC[C@@H](C)c1nc2ccc(Br)cc2c(=O)n1N=Cc1ccc(OCc2ccc(Cl)cc2Cl)cc1. The van der Waals surface area contributed by atoms with Crippen LogP contribution in [0.15, 0.2) is 75.0 Å². The van der Waals surface area contributed by atoms with Gasteiger partial charge in [-0.25, -0.2) is 4.98 Å². The van der Waals surface area contributed by atoms with Crippen LogP contribution in [-0.4, -0.2) is 15.9 Å². The molecule has 4 aromatic rings. The van der Waals surface area contributed by atoms with Crippen molar-refractivity contribution in [2.24, 2.45) is 5.10 Å². The van der Waals surface area contributed by atoms with Gasteiger partial charge in [0.15, 0.2) is 0 Å². The molecule has 8 heteroatoms. The lowest BCUT2D eigenvalue weighted by atomic mass is 10.1. The van der Waals surface area contributed by atoms with Crippen LogP contribution in [0, 0.1) is 0 Å². The Morgan fingerprint density at radius 1 is 1.12 bits per heavy atom. The maximum atomic E-state index is 13.2. The molecule has 0 spiro atoms. The maximum Gasteiger partial charge on any atom is 0.282 e. The van der Waals surface area contributed by atoms with Crippen molar-refractivity contribution in [3.63, 3.8) is 0 Å². The molecule has 1 aromatic heterocycles. The predicted octanol–water partition coefficient (Wildman–Crippen LogP) is 7.44. The first-order valence-electron chi connectivity index (χ1n) is 10.8. The fraction of sp³-hybridized carbons (Fsp3) is 0.192. The molecule has 0 aliphatic carbocycles. The molecule has 174 valence electrons. The van der Waals surface area contributed by atoms with Crippen molar-refractivity contribution in [2.45, 2.75) is 32.8 Å². The fourth-order valence-corrected chi connectivity index (χ4v) is 4.18. The smallest absolute Gasteiger partial charge is 0.282 e. The number of hydrogen-bond donors (Lipinski definition) is 0. The van der Waals surface area contributed by atoms with E-state index in [1.165, 1.54) is 4.68 Å². The number of halogens is 3. The van der Waals surface area contributed by atoms with Gasteiger partial charge < -0.3 is 4.74 Å². The fourth-order valence-electron chi connectivity index (χ4n) is 3.35. The third-order valence-electron chi connectivity index (χ3n) is 5.50. The highest BCUT2D eigenvalue weighted by Crippen LogP contribution is 2.23. The summed E-state index contributed by atoms with van der Waals surface area (Å²) in [5, 5.41) is 6.17. The molecular formula is C26H22BrCl2N3O2. The maximum absolute atomic E-state index is 13.2. The van der Waals surface area contributed by atoms with Crippen LogP contribution in [0.5, 0.6) is 5.75 Å². The van der Waals surface area contributed by atoms with Crippen molar-refractivity contribution in [3.05, 3.63) is 102 Å². The van der Waals surface area contributed by atoms with E-state index in [9.17, 15) is 4.79 Å². The summed E-state index contributed by atoms with van der Waals surface area (Å²) < 4.78 is 8.05. The van der Waals surface area contributed by atoms with Crippen molar-refractivity contribution in [3.8, 4) is 5.75 Å². The number of ether oxygens (including phenoxy) is 1. The van der Waals surface area contributed by atoms with Crippen molar-refractivity contribution in [2.75, 3.05) is 0 Å². The molecular weight excluding hydrogens is 537 g/mol. The van der Waals surface area contributed by atoms with E-state index in [1.54, 1.807) is 24.4 Å².